The van der Waals surface area contributed by atoms with Crippen molar-refractivity contribution in [1.29, 1.82) is 0 Å². The third-order valence-corrected chi connectivity index (χ3v) is 6.34. The molecule has 0 bridgehead atoms. The molecule has 142 valence electrons. The Kier molecular flexibility index (Phi) is 5.58. The molecule has 0 aromatic heterocycles. The molecule has 0 spiro atoms. The molecule has 0 saturated heterocycles. The van der Waals surface area contributed by atoms with Gasteiger partial charge >= 0.3 is 5.97 Å². The lowest BCUT2D eigenvalue weighted by molar-refractivity contribution is -0.140. The molecular weight excluding hydrogens is 416 g/mol. The highest BCUT2D eigenvalue weighted by Crippen LogP contribution is 2.37. The highest BCUT2D eigenvalue weighted by molar-refractivity contribution is 7.89. The minimum absolute atomic E-state index is 0.0232. The van der Waals surface area contributed by atoms with Crippen LogP contribution in [0.2, 0.25) is 0 Å². The number of carbonyl (C=O) groups excluding carboxylic acids is 1. The average Bonchev–Trinajstić information content (AvgIpc) is 2.88. The van der Waals surface area contributed by atoms with Crippen LogP contribution in [0, 0.1) is 12.7 Å². The van der Waals surface area contributed by atoms with Crippen molar-refractivity contribution in [3.8, 4) is 0 Å². The molecule has 0 unspecified atom stereocenters. The van der Waals surface area contributed by atoms with E-state index in [-0.39, 0.29) is 20.5 Å². The van der Waals surface area contributed by atoms with E-state index in [4.69, 9.17) is 27.9 Å². The second kappa shape index (κ2) is 7.59. The monoisotopic (exact) mass is 429 g/mol. The largest absolute Gasteiger partial charge is 0.450 e. The zero-order chi connectivity index (χ0) is 19.8. The number of ether oxygens (including phenoxy) is 1. The van der Waals surface area contributed by atoms with Gasteiger partial charge < -0.3 is 4.74 Å². The van der Waals surface area contributed by atoms with Crippen LogP contribution in [0.15, 0.2) is 63.5 Å². The highest BCUT2D eigenvalue weighted by Gasteiger charge is 2.41. The van der Waals surface area contributed by atoms with Crippen LogP contribution in [0.5, 0.6) is 0 Å². The fraction of sp³-hybridized carbons (Fsp3) is 0.167. The van der Waals surface area contributed by atoms with Crippen LogP contribution in [-0.2, 0) is 19.6 Å². The Morgan fingerprint density at radius 2 is 1.74 bits per heavy atom. The van der Waals surface area contributed by atoms with Gasteiger partial charge in [0.15, 0.2) is 6.10 Å². The first-order chi connectivity index (χ1) is 12.7. The van der Waals surface area contributed by atoms with Gasteiger partial charge in [0.2, 0.25) is 10.0 Å². The molecule has 0 saturated carbocycles. The summed E-state index contributed by atoms with van der Waals surface area (Å²) >= 11 is 11.8. The van der Waals surface area contributed by atoms with E-state index in [0.29, 0.717) is 0 Å². The Labute approximate surface area is 165 Å². The molecule has 9 heteroatoms. The molecule has 0 radical (unpaired) electrons. The molecule has 0 fully saturated rings. The Morgan fingerprint density at radius 1 is 1.11 bits per heavy atom. The number of carbonyl (C=O) groups is 1. The van der Waals surface area contributed by atoms with Gasteiger partial charge in [0.1, 0.15) is 10.8 Å². The Bertz CT molecular complexity index is 1020. The number of hydrogen-bond donors (Lipinski definition) is 1. The number of nitrogens with one attached hydrogen (secondary N) is 1. The maximum atomic E-state index is 14.4. The van der Waals surface area contributed by atoms with Crippen molar-refractivity contribution in [2.45, 2.75) is 24.0 Å². The predicted octanol–water partition coefficient (Wildman–Crippen LogP) is 3.77. The molecule has 2 atom stereocenters. The lowest BCUT2D eigenvalue weighted by Gasteiger charge is -2.25. The molecule has 1 aliphatic heterocycles. The van der Waals surface area contributed by atoms with E-state index in [1.165, 1.54) is 36.4 Å². The molecule has 27 heavy (non-hydrogen) atoms. The lowest BCUT2D eigenvalue weighted by Crippen LogP contribution is -2.37. The summed E-state index contributed by atoms with van der Waals surface area (Å²) in [5, 5.41) is -0.556. The molecule has 1 heterocycles. The zero-order valence-electron chi connectivity index (χ0n) is 13.9. The Morgan fingerprint density at radius 3 is 2.30 bits per heavy atom. The van der Waals surface area contributed by atoms with Crippen LogP contribution in [0.4, 0.5) is 4.39 Å². The van der Waals surface area contributed by atoms with Crippen LogP contribution in [-0.4, -0.2) is 20.5 Å². The fourth-order valence-corrected chi connectivity index (χ4v) is 4.24. The predicted molar refractivity (Wildman–Crippen MR) is 99.3 cm³/mol. The van der Waals surface area contributed by atoms with Crippen molar-refractivity contribution in [3.05, 3.63) is 75.5 Å². The summed E-state index contributed by atoms with van der Waals surface area (Å²) in [5.41, 5.74) is 0.845. The number of benzene rings is 2. The maximum absolute atomic E-state index is 14.4. The first-order valence-corrected chi connectivity index (χ1v) is 10.0. The number of aryl methyl sites for hydroxylation is 1. The van der Waals surface area contributed by atoms with Gasteiger partial charge in [-0.15, -0.1) is 0 Å². The number of halogens is 3. The Hall–Kier alpha value is -1.93. The topological polar surface area (TPSA) is 72.5 Å². The van der Waals surface area contributed by atoms with E-state index in [1.54, 1.807) is 12.1 Å². The van der Waals surface area contributed by atoms with E-state index in [2.05, 4.69) is 4.72 Å². The van der Waals surface area contributed by atoms with Gasteiger partial charge in [-0.25, -0.2) is 17.6 Å². The van der Waals surface area contributed by atoms with Crippen molar-refractivity contribution in [2.75, 3.05) is 0 Å². The standard InChI is InChI=1S/C18H14Cl2FNO4S/c1-10-6-8-11(9-7-10)27(24,25)22-16(12-4-2-3-5-13(12)21)17-14(19)15(20)18(23)26-17/h2-9,16-17,22H,1H3/t16-,17-/m1/s1. The second-order valence-electron chi connectivity index (χ2n) is 5.92. The number of hydrogen-bond acceptors (Lipinski definition) is 4. The lowest BCUT2D eigenvalue weighted by atomic mass is 10.0. The van der Waals surface area contributed by atoms with E-state index < -0.39 is 34.0 Å². The van der Waals surface area contributed by atoms with Gasteiger partial charge in [-0.2, -0.15) is 4.72 Å². The van der Waals surface area contributed by atoms with Crippen molar-refractivity contribution < 1.29 is 22.3 Å². The molecule has 5 nitrogen and oxygen atoms in total. The van der Waals surface area contributed by atoms with Gasteiger partial charge in [0.05, 0.1) is 16.0 Å². The van der Waals surface area contributed by atoms with E-state index in [1.807, 2.05) is 6.92 Å². The first kappa shape index (κ1) is 19.8. The zero-order valence-corrected chi connectivity index (χ0v) is 16.3. The molecule has 2 aromatic rings. The number of cyclic esters (lactones) is 1. The smallest absolute Gasteiger partial charge is 0.351 e. The van der Waals surface area contributed by atoms with Crippen molar-refractivity contribution in [3.63, 3.8) is 0 Å². The van der Waals surface area contributed by atoms with Crippen LogP contribution in [0.1, 0.15) is 17.2 Å². The SMILES string of the molecule is Cc1ccc(S(=O)(=O)N[C@H](c2ccccc2F)[C@@H]2OC(=O)C(Cl)=C2Cl)cc1. The van der Waals surface area contributed by atoms with Crippen LogP contribution in [0.25, 0.3) is 0 Å². The average molecular weight is 430 g/mol. The normalized spacial score (nSPS) is 18.5. The quantitative estimate of drug-likeness (QED) is 0.734. The second-order valence-corrected chi connectivity index (χ2v) is 8.42. The van der Waals surface area contributed by atoms with Gasteiger partial charge in [0, 0.05) is 5.56 Å². The summed E-state index contributed by atoms with van der Waals surface area (Å²) in [5.74, 6) is -1.58. The Balaban J connectivity index is 2.05. The van der Waals surface area contributed by atoms with Crippen LogP contribution < -0.4 is 4.72 Å². The summed E-state index contributed by atoms with van der Waals surface area (Å²) in [7, 11) is -4.07. The van der Waals surface area contributed by atoms with Gasteiger partial charge in [0.25, 0.3) is 0 Å². The van der Waals surface area contributed by atoms with Crippen molar-refractivity contribution >= 4 is 39.2 Å². The van der Waals surface area contributed by atoms with Gasteiger partial charge in [-0.05, 0) is 25.1 Å². The van der Waals surface area contributed by atoms with Crippen molar-refractivity contribution in [2.24, 2.45) is 0 Å². The number of rotatable bonds is 5. The van der Waals surface area contributed by atoms with Crippen LogP contribution in [0.3, 0.4) is 0 Å². The van der Waals surface area contributed by atoms with E-state index in [0.717, 1.165) is 5.56 Å². The minimum atomic E-state index is -4.07. The molecular formula is C18H14Cl2FNO4S. The minimum Gasteiger partial charge on any atom is -0.450 e. The number of sulfonamides is 1. The molecule has 2 aromatic carbocycles. The summed E-state index contributed by atoms with van der Waals surface area (Å²) in [6.45, 7) is 1.82. The molecule has 3 rings (SSSR count). The summed E-state index contributed by atoms with van der Waals surface area (Å²) in [6.07, 6.45) is -1.29. The fourth-order valence-electron chi connectivity index (χ4n) is 2.62. The van der Waals surface area contributed by atoms with Gasteiger partial charge in [-0.3, -0.25) is 0 Å². The number of esters is 1. The van der Waals surface area contributed by atoms with E-state index >= 15 is 0 Å². The molecule has 1 N–H and O–H groups in total. The van der Waals surface area contributed by atoms with Crippen LogP contribution >= 0.6 is 23.2 Å². The molecule has 0 aliphatic carbocycles. The summed E-state index contributed by atoms with van der Waals surface area (Å²) in [6, 6.07) is 10.3. The van der Waals surface area contributed by atoms with Crippen molar-refractivity contribution in [1.82, 2.24) is 4.72 Å². The third-order valence-electron chi connectivity index (χ3n) is 4.03. The van der Waals surface area contributed by atoms with E-state index in [9.17, 15) is 17.6 Å². The third kappa shape index (κ3) is 4.01. The molecule has 0 amide bonds. The van der Waals surface area contributed by atoms with Gasteiger partial charge in [-0.1, -0.05) is 59.1 Å². The molecule has 1 aliphatic rings. The first-order valence-electron chi connectivity index (χ1n) is 7.80. The summed E-state index contributed by atoms with van der Waals surface area (Å²) < 4.78 is 47.4. The maximum Gasteiger partial charge on any atom is 0.351 e. The summed E-state index contributed by atoms with van der Waals surface area (Å²) in [4.78, 5) is 11.7. The highest BCUT2D eigenvalue weighted by atomic mass is 35.5.